The zero-order valence-electron chi connectivity index (χ0n) is 12.2. The Balaban J connectivity index is 2.23. The van der Waals surface area contributed by atoms with Gasteiger partial charge < -0.3 is 9.73 Å². The fourth-order valence-electron chi connectivity index (χ4n) is 2.03. The van der Waals surface area contributed by atoms with Crippen molar-refractivity contribution in [3.8, 4) is 11.5 Å². The summed E-state index contributed by atoms with van der Waals surface area (Å²) in [5.41, 5.74) is 1.00. The molecule has 5 heteroatoms. The lowest BCUT2D eigenvalue weighted by Crippen LogP contribution is -2.21. The van der Waals surface area contributed by atoms with E-state index in [-0.39, 0.29) is 6.04 Å². The Labute approximate surface area is 124 Å². The van der Waals surface area contributed by atoms with Gasteiger partial charge in [-0.3, -0.25) is 0 Å². The molecule has 0 fully saturated rings. The number of aromatic nitrogens is 2. The summed E-state index contributed by atoms with van der Waals surface area (Å²) in [6, 6.07) is 8.23. The van der Waals surface area contributed by atoms with Gasteiger partial charge in [0.2, 0.25) is 11.8 Å². The third kappa shape index (κ3) is 3.41. The van der Waals surface area contributed by atoms with E-state index in [0.717, 1.165) is 29.8 Å². The van der Waals surface area contributed by atoms with Crippen molar-refractivity contribution in [3.63, 3.8) is 0 Å². The van der Waals surface area contributed by atoms with Gasteiger partial charge in [-0.1, -0.05) is 26.0 Å². The average Bonchev–Trinajstić information content (AvgIpc) is 2.97. The SMILES string of the molecule is CCCNC(CC)c1nnc(-c2ccccc2SC)o1. The van der Waals surface area contributed by atoms with E-state index in [2.05, 4.69) is 35.4 Å². The van der Waals surface area contributed by atoms with E-state index >= 15 is 0 Å². The third-order valence-corrected chi connectivity index (χ3v) is 3.92. The zero-order valence-corrected chi connectivity index (χ0v) is 13.0. The van der Waals surface area contributed by atoms with Crippen molar-refractivity contribution in [1.82, 2.24) is 15.5 Å². The van der Waals surface area contributed by atoms with Crippen LogP contribution in [0.2, 0.25) is 0 Å². The second-order valence-electron chi connectivity index (χ2n) is 4.56. The minimum atomic E-state index is 0.137. The minimum Gasteiger partial charge on any atom is -0.419 e. The van der Waals surface area contributed by atoms with Gasteiger partial charge in [-0.25, -0.2) is 0 Å². The highest BCUT2D eigenvalue weighted by atomic mass is 32.2. The average molecular weight is 291 g/mol. The van der Waals surface area contributed by atoms with Gasteiger partial charge in [0.05, 0.1) is 11.6 Å². The van der Waals surface area contributed by atoms with Gasteiger partial charge in [0.25, 0.3) is 0 Å². The number of hydrogen-bond acceptors (Lipinski definition) is 5. The number of benzene rings is 1. The summed E-state index contributed by atoms with van der Waals surface area (Å²) in [6.45, 7) is 5.22. The van der Waals surface area contributed by atoms with Crippen LogP contribution in [0.25, 0.3) is 11.5 Å². The smallest absolute Gasteiger partial charge is 0.248 e. The molecule has 20 heavy (non-hydrogen) atoms. The molecule has 0 bridgehead atoms. The number of nitrogens with zero attached hydrogens (tertiary/aromatic N) is 2. The number of hydrogen-bond donors (Lipinski definition) is 1. The van der Waals surface area contributed by atoms with Gasteiger partial charge in [0, 0.05) is 4.90 Å². The maximum absolute atomic E-state index is 5.86. The van der Waals surface area contributed by atoms with Crippen LogP contribution in [0.3, 0.4) is 0 Å². The molecule has 0 amide bonds. The van der Waals surface area contributed by atoms with Crippen molar-refractivity contribution in [2.45, 2.75) is 37.6 Å². The van der Waals surface area contributed by atoms with Crippen LogP contribution < -0.4 is 5.32 Å². The number of nitrogens with one attached hydrogen (secondary N) is 1. The Hall–Kier alpha value is -1.33. The highest BCUT2D eigenvalue weighted by Gasteiger charge is 2.18. The third-order valence-electron chi connectivity index (χ3n) is 3.13. The van der Waals surface area contributed by atoms with Gasteiger partial charge in [0.1, 0.15) is 0 Å². The number of thioether (sulfide) groups is 1. The predicted molar refractivity (Wildman–Crippen MR) is 82.8 cm³/mol. The molecule has 4 nitrogen and oxygen atoms in total. The Morgan fingerprint density at radius 1 is 1.25 bits per heavy atom. The molecule has 2 rings (SSSR count). The fourth-order valence-corrected chi connectivity index (χ4v) is 2.62. The molecule has 1 aromatic carbocycles. The molecule has 0 saturated carbocycles. The van der Waals surface area contributed by atoms with Crippen LogP contribution in [0.15, 0.2) is 33.6 Å². The van der Waals surface area contributed by atoms with Crippen molar-refractivity contribution >= 4 is 11.8 Å². The summed E-state index contributed by atoms with van der Waals surface area (Å²) in [5, 5.41) is 11.8. The summed E-state index contributed by atoms with van der Waals surface area (Å²) in [5.74, 6) is 1.27. The molecule has 0 aliphatic rings. The molecule has 108 valence electrons. The first-order chi connectivity index (χ1) is 9.80. The van der Waals surface area contributed by atoms with Crippen LogP contribution in [0.4, 0.5) is 0 Å². The van der Waals surface area contributed by atoms with Gasteiger partial charge in [-0.05, 0) is 37.8 Å². The van der Waals surface area contributed by atoms with Gasteiger partial charge in [-0.15, -0.1) is 22.0 Å². The maximum atomic E-state index is 5.86. The lowest BCUT2D eigenvalue weighted by Gasteiger charge is -2.11. The van der Waals surface area contributed by atoms with Crippen LogP contribution in [0, 0.1) is 0 Å². The van der Waals surface area contributed by atoms with Crippen molar-refractivity contribution in [2.24, 2.45) is 0 Å². The summed E-state index contributed by atoms with van der Waals surface area (Å²) in [4.78, 5) is 1.15. The first kappa shape index (κ1) is 15.1. The fraction of sp³-hybridized carbons (Fsp3) is 0.467. The van der Waals surface area contributed by atoms with Crippen LogP contribution in [0.5, 0.6) is 0 Å². The minimum absolute atomic E-state index is 0.137. The summed E-state index contributed by atoms with van der Waals surface area (Å²) in [7, 11) is 0. The Kier molecular flexibility index (Phi) is 5.61. The molecule has 0 aliphatic heterocycles. The Morgan fingerprint density at radius 3 is 2.75 bits per heavy atom. The van der Waals surface area contributed by atoms with E-state index in [1.807, 2.05) is 24.5 Å². The van der Waals surface area contributed by atoms with Gasteiger partial charge >= 0.3 is 0 Å². The quantitative estimate of drug-likeness (QED) is 0.784. The molecule has 1 N–H and O–H groups in total. The van der Waals surface area contributed by atoms with E-state index < -0.39 is 0 Å². The van der Waals surface area contributed by atoms with E-state index in [1.54, 1.807) is 11.8 Å². The lowest BCUT2D eigenvalue weighted by atomic mass is 10.2. The largest absolute Gasteiger partial charge is 0.419 e. The topological polar surface area (TPSA) is 51.0 Å². The summed E-state index contributed by atoms with van der Waals surface area (Å²) >= 11 is 1.68. The van der Waals surface area contributed by atoms with Crippen LogP contribution in [-0.4, -0.2) is 23.0 Å². The lowest BCUT2D eigenvalue weighted by molar-refractivity contribution is 0.396. The molecule has 2 aromatic rings. The Morgan fingerprint density at radius 2 is 2.05 bits per heavy atom. The summed E-state index contributed by atoms with van der Waals surface area (Å²) in [6.07, 6.45) is 4.08. The molecule has 1 aromatic heterocycles. The molecule has 1 atom stereocenters. The van der Waals surface area contributed by atoms with Crippen molar-refractivity contribution in [1.29, 1.82) is 0 Å². The molecular formula is C15H21N3OS. The second-order valence-corrected chi connectivity index (χ2v) is 5.41. The van der Waals surface area contributed by atoms with Crippen LogP contribution in [-0.2, 0) is 0 Å². The van der Waals surface area contributed by atoms with Crippen LogP contribution >= 0.6 is 11.8 Å². The maximum Gasteiger partial charge on any atom is 0.248 e. The normalized spacial score (nSPS) is 12.6. The summed E-state index contributed by atoms with van der Waals surface area (Å²) < 4.78 is 5.86. The molecule has 0 spiro atoms. The van der Waals surface area contributed by atoms with E-state index in [0.29, 0.717) is 11.8 Å². The van der Waals surface area contributed by atoms with E-state index in [4.69, 9.17) is 4.42 Å². The van der Waals surface area contributed by atoms with Crippen molar-refractivity contribution in [2.75, 3.05) is 12.8 Å². The van der Waals surface area contributed by atoms with Crippen LogP contribution in [0.1, 0.15) is 38.6 Å². The first-order valence-corrected chi connectivity index (χ1v) is 8.22. The standard InChI is InChI=1S/C15H21N3OS/c1-4-10-16-12(5-2)15-18-17-14(19-15)11-8-6-7-9-13(11)20-3/h6-9,12,16H,4-5,10H2,1-3H3. The van der Waals surface area contributed by atoms with Crippen molar-refractivity contribution in [3.05, 3.63) is 30.2 Å². The monoisotopic (exact) mass is 291 g/mol. The van der Waals surface area contributed by atoms with Gasteiger partial charge in [-0.2, -0.15) is 0 Å². The highest BCUT2D eigenvalue weighted by molar-refractivity contribution is 7.98. The van der Waals surface area contributed by atoms with E-state index in [9.17, 15) is 0 Å². The molecule has 1 heterocycles. The zero-order chi connectivity index (χ0) is 14.4. The van der Waals surface area contributed by atoms with Gasteiger partial charge in [0.15, 0.2) is 0 Å². The molecular weight excluding hydrogens is 270 g/mol. The molecule has 0 saturated heterocycles. The second kappa shape index (κ2) is 7.45. The van der Waals surface area contributed by atoms with E-state index in [1.165, 1.54) is 0 Å². The molecule has 0 aliphatic carbocycles. The first-order valence-electron chi connectivity index (χ1n) is 7.00. The van der Waals surface area contributed by atoms with Crippen molar-refractivity contribution < 1.29 is 4.42 Å². The Bertz CT molecular complexity index is 541. The highest BCUT2D eigenvalue weighted by Crippen LogP contribution is 2.30. The molecule has 0 radical (unpaired) electrons. The number of rotatable bonds is 7. The molecule has 1 unspecified atom stereocenters. The predicted octanol–water partition coefficient (Wildman–Crippen LogP) is 3.91.